The van der Waals surface area contributed by atoms with Gasteiger partial charge in [-0.25, -0.2) is 4.79 Å². The van der Waals surface area contributed by atoms with Crippen LogP contribution in [-0.2, 0) is 28.5 Å². The van der Waals surface area contributed by atoms with Crippen LogP contribution in [-0.4, -0.2) is 61.0 Å². The second kappa shape index (κ2) is 6.17. The summed E-state index contributed by atoms with van der Waals surface area (Å²) in [5, 5.41) is 0. The normalized spacial score (nSPS) is 42.1. The zero-order valence-corrected chi connectivity index (χ0v) is 15.8. The Labute approximate surface area is 162 Å². The van der Waals surface area contributed by atoms with Crippen LogP contribution in [0.25, 0.3) is 0 Å². The summed E-state index contributed by atoms with van der Waals surface area (Å²) >= 11 is 0. The van der Waals surface area contributed by atoms with Gasteiger partial charge in [-0.3, -0.25) is 9.69 Å². The first-order valence-corrected chi connectivity index (χ1v) is 9.59. The highest BCUT2D eigenvalue weighted by molar-refractivity contribution is 5.80. The van der Waals surface area contributed by atoms with Crippen molar-refractivity contribution in [3.63, 3.8) is 0 Å². The lowest BCUT2D eigenvalue weighted by Crippen LogP contribution is -2.55. The van der Waals surface area contributed by atoms with Gasteiger partial charge in [0.05, 0.1) is 12.6 Å². The third-order valence-electron chi connectivity index (χ3n) is 6.35. The van der Waals surface area contributed by atoms with Crippen molar-refractivity contribution in [3.8, 4) is 0 Å². The second-order valence-corrected chi connectivity index (χ2v) is 7.82. The summed E-state index contributed by atoms with van der Waals surface area (Å²) in [7, 11) is 1.48. The van der Waals surface area contributed by atoms with Crippen LogP contribution in [0.3, 0.4) is 0 Å². The van der Waals surface area contributed by atoms with Gasteiger partial charge in [0, 0.05) is 20.5 Å². The van der Waals surface area contributed by atoms with Gasteiger partial charge in [0.15, 0.2) is 5.79 Å². The van der Waals surface area contributed by atoms with Gasteiger partial charge in [-0.1, -0.05) is 30.3 Å². The van der Waals surface area contributed by atoms with Gasteiger partial charge < -0.3 is 23.7 Å². The molecule has 28 heavy (non-hydrogen) atoms. The minimum absolute atomic E-state index is 0.212. The van der Waals surface area contributed by atoms with E-state index in [4.69, 9.17) is 23.7 Å². The summed E-state index contributed by atoms with van der Waals surface area (Å²) in [6, 6.07) is 8.66. The highest BCUT2D eigenvalue weighted by atomic mass is 16.8. The standard InChI is InChI=1S/C20H23NO7/c1-19(24-2)16-14(17(22)28-19)15(20(27-16)9-6-10-26-20)21-13(11-25-18(21)23)12-7-4-3-5-8-12/h3-5,7-8,13-16H,6,9-11H2,1-2H3/t13-,14-,15+,16+,19+,20+/m1/s1. The van der Waals surface area contributed by atoms with Gasteiger partial charge in [0.1, 0.15) is 24.7 Å². The maximum atomic E-state index is 12.9. The maximum Gasteiger partial charge on any atom is 0.410 e. The lowest BCUT2D eigenvalue weighted by molar-refractivity contribution is -0.284. The number of amides is 1. The van der Waals surface area contributed by atoms with Crippen LogP contribution >= 0.6 is 0 Å². The zero-order chi connectivity index (χ0) is 19.5. The van der Waals surface area contributed by atoms with Gasteiger partial charge in [-0.2, -0.15) is 0 Å². The molecular formula is C20H23NO7. The number of methoxy groups -OCH3 is 1. The number of esters is 1. The van der Waals surface area contributed by atoms with Crippen LogP contribution in [0, 0.1) is 5.92 Å². The molecule has 1 spiro atoms. The van der Waals surface area contributed by atoms with E-state index in [2.05, 4.69) is 0 Å². The number of benzene rings is 1. The first-order chi connectivity index (χ1) is 13.5. The maximum absolute atomic E-state index is 12.9. The van der Waals surface area contributed by atoms with Gasteiger partial charge in [-0.05, 0) is 12.0 Å². The molecule has 0 bridgehead atoms. The van der Waals surface area contributed by atoms with Crippen LogP contribution in [0.4, 0.5) is 4.79 Å². The van der Waals surface area contributed by atoms with E-state index in [0.29, 0.717) is 13.0 Å². The molecule has 0 radical (unpaired) electrons. The second-order valence-electron chi connectivity index (χ2n) is 7.82. The fraction of sp³-hybridized carbons (Fsp3) is 0.600. The van der Waals surface area contributed by atoms with Crippen LogP contribution in [0.1, 0.15) is 31.4 Å². The molecule has 8 heteroatoms. The van der Waals surface area contributed by atoms with Gasteiger partial charge in [-0.15, -0.1) is 0 Å². The lowest BCUT2D eigenvalue weighted by atomic mass is 9.87. The molecule has 4 aliphatic rings. The molecular weight excluding hydrogens is 366 g/mol. The van der Waals surface area contributed by atoms with Gasteiger partial charge in [0.25, 0.3) is 0 Å². The minimum atomic E-state index is -1.22. The quantitative estimate of drug-likeness (QED) is 0.731. The topological polar surface area (TPSA) is 83.5 Å². The smallest absolute Gasteiger partial charge is 0.410 e. The molecule has 0 N–H and O–H groups in total. The van der Waals surface area contributed by atoms with Gasteiger partial charge >= 0.3 is 12.1 Å². The molecule has 0 aromatic heterocycles. The average Bonchev–Trinajstić information content (AvgIpc) is 3.44. The summed E-state index contributed by atoms with van der Waals surface area (Å²) in [5.41, 5.74) is 0.936. The first kappa shape index (κ1) is 17.9. The molecule has 1 aromatic carbocycles. The molecule has 150 valence electrons. The molecule has 6 atom stereocenters. The number of rotatable bonds is 3. The molecule has 0 saturated carbocycles. The fourth-order valence-corrected chi connectivity index (χ4v) is 4.99. The molecule has 1 aromatic rings. The van der Waals surface area contributed by atoms with E-state index < -0.39 is 41.7 Å². The molecule has 0 aliphatic carbocycles. The summed E-state index contributed by atoms with van der Waals surface area (Å²) in [6.07, 6.45) is 0.228. The molecule has 1 amide bonds. The Morgan fingerprint density at radius 1 is 1.21 bits per heavy atom. The fourth-order valence-electron chi connectivity index (χ4n) is 4.99. The monoisotopic (exact) mass is 389 g/mol. The largest absolute Gasteiger partial charge is 0.447 e. The Morgan fingerprint density at radius 3 is 2.68 bits per heavy atom. The predicted molar refractivity (Wildman–Crippen MR) is 93.9 cm³/mol. The Bertz CT molecular complexity index is 793. The third-order valence-corrected chi connectivity index (χ3v) is 6.35. The zero-order valence-electron chi connectivity index (χ0n) is 15.8. The molecule has 0 unspecified atom stereocenters. The van der Waals surface area contributed by atoms with Crippen molar-refractivity contribution in [2.75, 3.05) is 20.3 Å². The average molecular weight is 389 g/mol. The van der Waals surface area contributed by atoms with Gasteiger partial charge in [0.2, 0.25) is 5.79 Å². The SMILES string of the molecule is CO[C@@]1(C)OC(=O)[C@@H]2[C@H](N3C(=O)OC[C@@H]3c3ccccc3)[C@]3(CCCO3)O[C@@H]21. The number of cyclic esters (lactones) is 2. The number of fused-ring (bicyclic) bond motifs is 1. The first-order valence-electron chi connectivity index (χ1n) is 9.59. The molecule has 8 nitrogen and oxygen atoms in total. The highest BCUT2D eigenvalue weighted by Crippen LogP contribution is 2.54. The molecule has 4 heterocycles. The van der Waals surface area contributed by atoms with Crippen LogP contribution in [0.5, 0.6) is 0 Å². The number of carbonyl (C=O) groups is 2. The Balaban J connectivity index is 1.59. The van der Waals surface area contributed by atoms with E-state index in [0.717, 1.165) is 12.0 Å². The van der Waals surface area contributed by atoms with Crippen molar-refractivity contribution < 1.29 is 33.3 Å². The minimum Gasteiger partial charge on any atom is -0.447 e. The van der Waals surface area contributed by atoms with Crippen molar-refractivity contribution in [2.45, 2.75) is 49.5 Å². The molecule has 4 aliphatic heterocycles. The predicted octanol–water partition coefficient (Wildman–Crippen LogP) is 1.99. The van der Waals surface area contributed by atoms with Crippen molar-refractivity contribution in [1.29, 1.82) is 0 Å². The number of hydrogen-bond acceptors (Lipinski definition) is 7. The number of carbonyl (C=O) groups excluding carboxylic acids is 2. The van der Waals surface area contributed by atoms with Crippen molar-refractivity contribution >= 4 is 12.1 Å². The van der Waals surface area contributed by atoms with Crippen molar-refractivity contribution in [1.82, 2.24) is 4.90 Å². The third kappa shape index (κ3) is 2.34. The molecule has 4 saturated heterocycles. The van der Waals surface area contributed by atoms with Crippen LogP contribution in [0.2, 0.25) is 0 Å². The van der Waals surface area contributed by atoms with Crippen molar-refractivity contribution in [3.05, 3.63) is 35.9 Å². The number of ether oxygens (including phenoxy) is 5. The van der Waals surface area contributed by atoms with E-state index in [1.165, 1.54) is 7.11 Å². The lowest BCUT2D eigenvalue weighted by Gasteiger charge is -2.38. The summed E-state index contributed by atoms with van der Waals surface area (Å²) < 4.78 is 28.8. The summed E-state index contributed by atoms with van der Waals surface area (Å²) in [6.45, 7) is 2.40. The van der Waals surface area contributed by atoms with Crippen LogP contribution < -0.4 is 0 Å². The van der Waals surface area contributed by atoms with E-state index in [9.17, 15) is 9.59 Å². The van der Waals surface area contributed by atoms with E-state index in [1.54, 1.807) is 11.8 Å². The molecule has 5 rings (SSSR count). The number of nitrogens with zero attached hydrogens (tertiary/aromatic N) is 1. The summed E-state index contributed by atoms with van der Waals surface area (Å²) in [4.78, 5) is 27.3. The molecule has 4 fully saturated rings. The van der Waals surface area contributed by atoms with Crippen LogP contribution in [0.15, 0.2) is 30.3 Å². The number of hydrogen-bond donors (Lipinski definition) is 0. The Morgan fingerprint density at radius 2 is 2.00 bits per heavy atom. The van der Waals surface area contributed by atoms with E-state index in [1.807, 2.05) is 30.3 Å². The van der Waals surface area contributed by atoms with Crippen molar-refractivity contribution in [2.24, 2.45) is 5.92 Å². The van der Waals surface area contributed by atoms with E-state index in [-0.39, 0.29) is 12.6 Å². The Kier molecular flexibility index (Phi) is 3.94. The summed E-state index contributed by atoms with van der Waals surface area (Å²) in [5.74, 6) is -3.44. The highest BCUT2D eigenvalue weighted by Gasteiger charge is 2.72. The van der Waals surface area contributed by atoms with E-state index >= 15 is 0 Å². The Hall–Kier alpha value is -2.16.